The first kappa shape index (κ1) is 28.0. The van der Waals surface area contributed by atoms with Crippen LogP contribution in [0, 0.1) is 0 Å². The number of fused-ring (bicyclic) bond motifs is 1. The molecule has 206 valence electrons. The third-order valence-electron chi connectivity index (χ3n) is 6.88. The molecule has 2 fully saturated rings. The van der Waals surface area contributed by atoms with Gasteiger partial charge in [-0.1, -0.05) is 18.2 Å². The van der Waals surface area contributed by atoms with Gasteiger partial charge in [-0.15, -0.1) is 0 Å². The predicted molar refractivity (Wildman–Crippen MR) is 123 cm³/mol. The minimum atomic E-state index is -3.02. The summed E-state index contributed by atoms with van der Waals surface area (Å²) in [6, 6.07) is 5.87. The number of para-hydroxylation sites is 1. The SMILES string of the molecule is N[C@@H](Cc1c[nH]c2ccccc12)C(=O)C1(O)O[C@H](CO)[C@@H](O[C@@H]2O[C@H](CO)[C@H](O)[C@H](O)[C@H]2O)[C@H](O)[C@H]1O. The van der Waals surface area contributed by atoms with Crippen LogP contribution < -0.4 is 5.73 Å². The van der Waals surface area contributed by atoms with Crippen LogP contribution in [0.2, 0.25) is 0 Å². The van der Waals surface area contributed by atoms with E-state index >= 15 is 0 Å². The molecule has 11 N–H and O–H groups in total. The van der Waals surface area contributed by atoms with Crippen LogP contribution in [0.5, 0.6) is 0 Å². The van der Waals surface area contributed by atoms with E-state index in [9.17, 15) is 45.6 Å². The molecule has 1 aromatic heterocycles. The summed E-state index contributed by atoms with van der Waals surface area (Å²) in [6.07, 6.45) is -14.5. The van der Waals surface area contributed by atoms with Gasteiger partial charge in [-0.2, -0.15) is 0 Å². The van der Waals surface area contributed by atoms with E-state index in [1.54, 1.807) is 12.3 Å². The van der Waals surface area contributed by atoms with Crippen molar-refractivity contribution in [1.82, 2.24) is 4.98 Å². The molecule has 0 bridgehead atoms. The van der Waals surface area contributed by atoms with Crippen molar-refractivity contribution >= 4 is 16.7 Å². The smallest absolute Gasteiger partial charge is 0.258 e. The molecule has 2 aliphatic rings. The van der Waals surface area contributed by atoms with E-state index in [0.717, 1.165) is 10.9 Å². The zero-order valence-electron chi connectivity index (χ0n) is 19.6. The molecule has 11 atom stereocenters. The van der Waals surface area contributed by atoms with Crippen molar-refractivity contribution in [3.8, 4) is 0 Å². The lowest BCUT2D eigenvalue weighted by atomic mass is 9.86. The van der Waals surface area contributed by atoms with Crippen molar-refractivity contribution < 1.29 is 59.9 Å². The molecule has 2 aromatic rings. The lowest BCUT2D eigenvalue weighted by molar-refractivity contribution is -0.372. The molecule has 0 aliphatic carbocycles. The van der Waals surface area contributed by atoms with Crippen LogP contribution in [-0.2, 0) is 25.4 Å². The van der Waals surface area contributed by atoms with Crippen molar-refractivity contribution in [2.75, 3.05) is 13.2 Å². The Morgan fingerprint density at radius 3 is 2.38 bits per heavy atom. The third-order valence-corrected chi connectivity index (χ3v) is 6.88. The van der Waals surface area contributed by atoms with Crippen LogP contribution >= 0.6 is 0 Å². The van der Waals surface area contributed by atoms with Crippen LogP contribution in [0.4, 0.5) is 0 Å². The monoisotopic (exact) mass is 528 g/mol. The largest absolute Gasteiger partial charge is 0.394 e. The normalized spacial score (nSPS) is 39.5. The molecule has 2 saturated heterocycles. The first-order valence-corrected chi connectivity index (χ1v) is 11.7. The van der Waals surface area contributed by atoms with E-state index in [1.165, 1.54) is 0 Å². The minimum absolute atomic E-state index is 0.0497. The van der Waals surface area contributed by atoms with Crippen LogP contribution in [0.1, 0.15) is 5.56 Å². The Morgan fingerprint density at radius 1 is 1.03 bits per heavy atom. The fraction of sp³-hybridized carbons (Fsp3) is 0.609. The number of ether oxygens (including phenoxy) is 3. The predicted octanol–water partition coefficient (Wildman–Crippen LogP) is -4.41. The second kappa shape index (κ2) is 11.0. The zero-order valence-corrected chi connectivity index (χ0v) is 19.6. The number of rotatable bonds is 8. The number of aliphatic hydroxyl groups excluding tert-OH is 7. The number of H-pyrrole nitrogens is 1. The van der Waals surface area contributed by atoms with Gasteiger partial charge in [0.05, 0.1) is 19.3 Å². The quantitative estimate of drug-likeness (QED) is 0.156. The molecule has 1 unspecified atom stereocenters. The van der Waals surface area contributed by atoms with Gasteiger partial charge in [0.25, 0.3) is 5.79 Å². The summed E-state index contributed by atoms with van der Waals surface area (Å²) in [5, 5.41) is 82.5. The lowest BCUT2D eigenvalue weighted by Crippen LogP contribution is -2.71. The zero-order chi connectivity index (χ0) is 27.1. The van der Waals surface area contributed by atoms with Gasteiger partial charge in [-0.3, -0.25) is 4.79 Å². The van der Waals surface area contributed by atoms with Gasteiger partial charge >= 0.3 is 0 Å². The standard InChI is InChI=1S/C23H32N2O12/c24-11(5-9-6-25-12-4-2-1-3-10(9)12)20(32)23(34)21(33)18(31)19(14(8-27)37-23)36-22-17(30)16(29)15(28)13(7-26)35-22/h1-4,6,11,13-19,21-22,25-31,33-34H,5,7-8,24H2/t11-,13+,14+,15-,16-,17+,18-,19+,21+,22-,23?/m0/s1. The summed E-state index contributed by atoms with van der Waals surface area (Å²) >= 11 is 0. The number of nitrogens with one attached hydrogen (secondary N) is 1. The van der Waals surface area contributed by atoms with E-state index in [1.807, 2.05) is 18.2 Å². The van der Waals surface area contributed by atoms with Gasteiger partial charge in [0.2, 0.25) is 5.78 Å². The first-order chi connectivity index (χ1) is 17.5. The van der Waals surface area contributed by atoms with E-state index in [0.29, 0.717) is 5.56 Å². The van der Waals surface area contributed by atoms with E-state index in [4.69, 9.17) is 19.9 Å². The number of nitrogens with two attached hydrogens (primary N) is 1. The van der Waals surface area contributed by atoms with Crippen molar-refractivity contribution in [3.63, 3.8) is 0 Å². The summed E-state index contributed by atoms with van der Waals surface area (Å²) in [5.41, 5.74) is 7.51. The van der Waals surface area contributed by atoms with Gasteiger partial charge in [0.15, 0.2) is 6.29 Å². The molecular weight excluding hydrogens is 496 g/mol. The molecule has 2 aliphatic heterocycles. The Balaban J connectivity index is 1.50. The van der Waals surface area contributed by atoms with Gasteiger partial charge in [0, 0.05) is 17.1 Å². The molecular formula is C23H32N2O12. The number of hydrogen-bond donors (Lipinski definition) is 10. The summed E-state index contributed by atoms with van der Waals surface area (Å²) in [7, 11) is 0. The third kappa shape index (κ3) is 5.04. The highest BCUT2D eigenvalue weighted by Crippen LogP contribution is 2.34. The Morgan fingerprint density at radius 2 is 1.70 bits per heavy atom. The number of aromatic nitrogens is 1. The molecule has 3 heterocycles. The van der Waals surface area contributed by atoms with Crippen molar-refractivity contribution in [1.29, 1.82) is 0 Å². The molecule has 0 saturated carbocycles. The molecule has 37 heavy (non-hydrogen) atoms. The van der Waals surface area contributed by atoms with E-state index in [2.05, 4.69) is 4.98 Å². The molecule has 0 spiro atoms. The molecule has 14 nitrogen and oxygen atoms in total. The number of aromatic amines is 1. The Bertz CT molecular complexity index is 1080. The Labute approximate surface area is 210 Å². The van der Waals surface area contributed by atoms with Crippen molar-refractivity contribution in [3.05, 3.63) is 36.0 Å². The maximum atomic E-state index is 13.2. The molecule has 0 amide bonds. The van der Waals surface area contributed by atoms with Crippen LogP contribution in [0.3, 0.4) is 0 Å². The van der Waals surface area contributed by atoms with Crippen LogP contribution in [-0.4, -0.2) is 132 Å². The fourth-order valence-corrected chi connectivity index (χ4v) is 4.74. The number of carbonyl (C=O) groups excluding carboxylic acids is 1. The lowest BCUT2D eigenvalue weighted by Gasteiger charge is -2.48. The van der Waals surface area contributed by atoms with Gasteiger partial charge in [-0.05, 0) is 18.1 Å². The Kier molecular flexibility index (Phi) is 8.30. The molecule has 14 heteroatoms. The fourth-order valence-electron chi connectivity index (χ4n) is 4.74. The van der Waals surface area contributed by atoms with Gasteiger partial charge < -0.3 is 65.8 Å². The number of ketones is 1. The molecule has 4 rings (SSSR count). The molecule has 1 aromatic carbocycles. The first-order valence-electron chi connectivity index (χ1n) is 11.7. The van der Waals surface area contributed by atoms with Gasteiger partial charge in [0.1, 0.15) is 48.8 Å². The summed E-state index contributed by atoms with van der Waals surface area (Å²) in [6.45, 7) is -1.66. The maximum absolute atomic E-state index is 13.2. The molecule has 0 radical (unpaired) electrons. The van der Waals surface area contributed by atoms with Crippen LogP contribution in [0.25, 0.3) is 10.9 Å². The van der Waals surface area contributed by atoms with Crippen LogP contribution in [0.15, 0.2) is 30.5 Å². The number of Topliss-reactive ketones (excluding diaryl/α,β-unsaturated/α-hetero) is 1. The highest BCUT2D eigenvalue weighted by atomic mass is 16.7. The number of benzene rings is 1. The second-order valence-electron chi connectivity index (χ2n) is 9.30. The summed E-state index contributed by atoms with van der Waals surface area (Å²) in [5.74, 6) is -4.18. The van der Waals surface area contributed by atoms with E-state index < -0.39 is 85.9 Å². The van der Waals surface area contributed by atoms with Crippen molar-refractivity contribution in [2.24, 2.45) is 5.73 Å². The highest BCUT2D eigenvalue weighted by molar-refractivity contribution is 5.92. The number of aliphatic hydroxyl groups is 8. The maximum Gasteiger partial charge on any atom is 0.258 e. The average molecular weight is 529 g/mol. The second-order valence-corrected chi connectivity index (χ2v) is 9.30. The number of carbonyl (C=O) groups is 1. The average Bonchev–Trinajstić information content (AvgIpc) is 3.30. The topological polar surface area (TPSA) is 248 Å². The van der Waals surface area contributed by atoms with Gasteiger partial charge in [-0.25, -0.2) is 0 Å². The highest BCUT2D eigenvalue weighted by Gasteiger charge is 2.59. The Hall–Kier alpha value is -2.05. The summed E-state index contributed by atoms with van der Waals surface area (Å²) in [4.78, 5) is 16.2. The number of hydrogen-bond acceptors (Lipinski definition) is 13. The summed E-state index contributed by atoms with van der Waals surface area (Å²) < 4.78 is 16.0. The van der Waals surface area contributed by atoms with Crippen molar-refractivity contribution in [2.45, 2.75) is 73.4 Å². The van der Waals surface area contributed by atoms with E-state index in [-0.39, 0.29) is 6.42 Å². The minimum Gasteiger partial charge on any atom is -0.394 e.